The van der Waals surface area contributed by atoms with E-state index in [9.17, 15) is 9.59 Å². The number of fused-ring (bicyclic) bond motifs is 1. The molecule has 1 N–H and O–H groups in total. The third-order valence-corrected chi connectivity index (χ3v) is 4.67. The van der Waals surface area contributed by atoms with E-state index in [4.69, 9.17) is 0 Å². The van der Waals surface area contributed by atoms with Gasteiger partial charge in [0.25, 0.3) is 5.91 Å². The van der Waals surface area contributed by atoms with E-state index in [1.54, 1.807) is 4.90 Å². The summed E-state index contributed by atoms with van der Waals surface area (Å²) in [6.45, 7) is 4.67. The molecular formula is C16H21N5O2. The third kappa shape index (κ3) is 2.78. The van der Waals surface area contributed by atoms with Crippen molar-refractivity contribution in [2.24, 2.45) is 5.92 Å². The second-order valence-corrected chi connectivity index (χ2v) is 6.19. The van der Waals surface area contributed by atoms with Gasteiger partial charge in [-0.1, -0.05) is 6.92 Å². The van der Waals surface area contributed by atoms with E-state index in [2.05, 4.69) is 26.8 Å². The molecule has 0 spiro atoms. The highest BCUT2D eigenvalue weighted by molar-refractivity contribution is 6.35. The molecule has 7 nitrogen and oxygen atoms in total. The van der Waals surface area contributed by atoms with Crippen LogP contribution in [0.3, 0.4) is 0 Å². The van der Waals surface area contributed by atoms with Crippen molar-refractivity contribution in [1.29, 1.82) is 0 Å². The fourth-order valence-corrected chi connectivity index (χ4v) is 3.26. The van der Waals surface area contributed by atoms with Crippen LogP contribution in [-0.2, 0) is 9.59 Å². The van der Waals surface area contributed by atoms with Crippen LogP contribution >= 0.6 is 0 Å². The van der Waals surface area contributed by atoms with Crippen LogP contribution < -0.4 is 4.90 Å². The maximum Gasteiger partial charge on any atom is 0.289 e. The maximum atomic E-state index is 12.0. The summed E-state index contributed by atoms with van der Waals surface area (Å²) in [5.74, 6) is 0.436. The molecule has 2 atom stereocenters. The molecular weight excluding hydrogens is 294 g/mol. The number of H-pyrrole nitrogens is 1. The van der Waals surface area contributed by atoms with Crippen LogP contribution in [0.15, 0.2) is 18.6 Å². The van der Waals surface area contributed by atoms with Gasteiger partial charge < -0.3 is 14.8 Å². The van der Waals surface area contributed by atoms with Gasteiger partial charge in [0.1, 0.15) is 17.8 Å². The summed E-state index contributed by atoms with van der Waals surface area (Å²) in [5, 5.41) is 0.956. The molecule has 1 aliphatic rings. The first kappa shape index (κ1) is 15.5. The number of anilines is 1. The van der Waals surface area contributed by atoms with E-state index in [0.29, 0.717) is 19.0 Å². The standard InChI is InChI=1S/C16H21N5O2/c1-10-5-7-21(16(23)11(2)22)8-13(10)20(3)15-12-4-6-17-14(12)18-9-19-15/h4,6,9-10,13H,5,7-8H2,1-3H3,(H,17,18,19). The van der Waals surface area contributed by atoms with Gasteiger partial charge >= 0.3 is 0 Å². The molecule has 1 fully saturated rings. The Hall–Kier alpha value is -2.44. The largest absolute Gasteiger partial charge is 0.354 e. The molecule has 0 saturated carbocycles. The molecule has 1 amide bonds. The maximum absolute atomic E-state index is 12.0. The number of Topliss-reactive ketones (excluding diaryl/α,β-unsaturated/α-hetero) is 1. The minimum absolute atomic E-state index is 0.111. The molecule has 0 radical (unpaired) electrons. The van der Waals surface area contributed by atoms with E-state index in [0.717, 1.165) is 23.3 Å². The molecule has 0 aliphatic carbocycles. The fraction of sp³-hybridized carbons (Fsp3) is 0.500. The zero-order chi connectivity index (χ0) is 16.6. The van der Waals surface area contributed by atoms with Gasteiger partial charge in [-0.15, -0.1) is 0 Å². The zero-order valence-electron chi connectivity index (χ0n) is 13.6. The van der Waals surface area contributed by atoms with Crippen molar-refractivity contribution in [1.82, 2.24) is 19.9 Å². The van der Waals surface area contributed by atoms with Crippen LogP contribution in [0.4, 0.5) is 5.82 Å². The van der Waals surface area contributed by atoms with Gasteiger partial charge in [0.05, 0.1) is 11.4 Å². The highest BCUT2D eigenvalue weighted by Gasteiger charge is 2.33. The third-order valence-electron chi connectivity index (χ3n) is 4.67. The summed E-state index contributed by atoms with van der Waals surface area (Å²) >= 11 is 0. The Bertz CT molecular complexity index is 741. The van der Waals surface area contributed by atoms with Crippen molar-refractivity contribution in [3.05, 3.63) is 18.6 Å². The fourth-order valence-electron chi connectivity index (χ4n) is 3.26. The lowest BCUT2D eigenvalue weighted by atomic mass is 9.92. The second kappa shape index (κ2) is 5.98. The molecule has 7 heteroatoms. The lowest BCUT2D eigenvalue weighted by Crippen LogP contribution is -2.53. The molecule has 2 aromatic rings. The summed E-state index contributed by atoms with van der Waals surface area (Å²) < 4.78 is 0. The number of nitrogens with zero attached hydrogens (tertiary/aromatic N) is 4. The molecule has 1 aliphatic heterocycles. The number of hydrogen-bond acceptors (Lipinski definition) is 5. The van der Waals surface area contributed by atoms with Gasteiger partial charge in [-0.3, -0.25) is 9.59 Å². The van der Waals surface area contributed by atoms with Gasteiger partial charge in [0.2, 0.25) is 5.78 Å². The molecule has 23 heavy (non-hydrogen) atoms. The number of piperidine rings is 1. The highest BCUT2D eigenvalue weighted by Crippen LogP contribution is 2.28. The van der Waals surface area contributed by atoms with Crippen molar-refractivity contribution >= 4 is 28.5 Å². The average Bonchev–Trinajstić information content (AvgIpc) is 3.02. The quantitative estimate of drug-likeness (QED) is 0.861. The predicted octanol–water partition coefficient (Wildman–Crippen LogP) is 1.22. The summed E-state index contributed by atoms with van der Waals surface area (Å²) in [5.41, 5.74) is 0.794. The molecule has 0 bridgehead atoms. The number of rotatable bonds is 3. The number of carbonyl (C=O) groups excluding carboxylic acids is 2. The van der Waals surface area contributed by atoms with E-state index < -0.39 is 11.7 Å². The van der Waals surface area contributed by atoms with E-state index in [1.165, 1.54) is 13.3 Å². The molecule has 3 rings (SSSR count). The van der Waals surface area contributed by atoms with Crippen molar-refractivity contribution < 1.29 is 9.59 Å². The first-order valence-corrected chi connectivity index (χ1v) is 7.79. The van der Waals surface area contributed by atoms with Crippen LogP contribution in [0.25, 0.3) is 11.0 Å². The van der Waals surface area contributed by atoms with E-state index in [1.807, 2.05) is 19.3 Å². The highest BCUT2D eigenvalue weighted by atomic mass is 16.2. The van der Waals surface area contributed by atoms with E-state index >= 15 is 0 Å². The Morgan fingerprint density at radius 1 is 1.39 bits per heavy atom. The number of aromatic nitrogens is 3. The Labute approximate surface area is 134 Å². The number of likely N-dealkylation sites (N-methyl/N-ethyl adjacent to an activating group) is 1. The number of hydrogen-bond donors (Lipinski definition) is 1. The summed E-state index contributed by atoms with van der Waals surface area (Å²) in [7, 11) is 1.98. The number of aromatic amines is 1. The number of nitrogens with one attached hydrogen (secondary N) is 1. The lowest BCUT2D eigenvalue weighted by Gasteiger charge is -2.41. The van der Waals surface area contributed by atoms with Gasteiger partial charge in [-0.25, -0.2) is 9.97 Å². The van der Waals surface area contributed by atoms with Crippen molar-refractivity contribution in [2.75, 3.05) is 25.0 Å². The molecule has 122 valence electrons. The topological polar surface area (TPSA) is 82.2 Å². The Morgan fingerprint density at radius 3 is 2.91 bits per heavy atom. The smallest absolute Gasteiger partial charge is 0.289 e. The number of amides is 1. The van der Waals surface area contributed by atoms with Crippen molar-refractivity contribution in [3.8, 4) is 0 Å². The lowest BCUT2D eigenvalue weighted by molar-refractivity contribution is -0.144. The van der Waals surface area contributed by atoms with Gasteiger partial charge in [0.15, 0.2) is 0 Å². The summed E-state index contributed by atoms with van der Waals surface area (Å²) in [4.78, 5) is 38.9. The Kier molecular flexibility index (Phi) is 4.02. The molecule has 1 saturated heterocycles. The van der Waals surface area contributed by atoms with Crippen LogP contribution in [0.5, 0.6) is 0 Å². The first-order valence-electron chi connectivity index (χ1n) is 7.79. The van der Waals surface area contributed by atoms with Crippen LogP contribution in [0, 0.1) is 5.92 Å². The normalized spacial score (nSPS) is 21.4. The molecule has 2 aromatic heterocycles. The Balaban J connectivity index is 1.88. The Morgan fingerprint density at radius 2 is 2.17 bits per heavy atom. The first-order chi connectivity index (χ1) is 11.0. The van der Waals surface area contributed by atoms with Crippen LogP contribution in [-0.4, -0.2) is 57.7 Å². The van der Waals surface area contributed by atoms with Gasteiger partial charge in [-0.05, 0) is 18.4 Å². The van der Waals surface area contributed by atoms with E-state index in [-0.39, 0.29) is 6.04 Å². The summed E-state index contributed by atoms with van der Waals surface area (Å²) in [6, 6.07) is 2.06. The number of carbonyl (C=O) groups is 2. The molecule has 3 heterocycles. The SMILES string of the molecule is CC(=O)C(=O)N1CCC(C)C(N(C)c2ncnc3[nH]ccc23)C1. The monoisotopic (exact) mass is 315 g/mol. The second-order valence-electron chi connectivity index (χ2n) is 6.19. The van der Waals surface area contributed by atoms with Crippen molar-refractivity contribution in [3.63, 3.8) is 0 Å². The van der Waals surface area contributed by atoms with Gasteiger partial charge in [0, 0.05) is 33.3 Å². The minimum Gasteiger partial charge on any atom is -0.354 e. The number of ketones is 1. The predicted molar refractivity (Wildman–Crippen MR) is 87.1 cm³/mol. The van der Waals surface area contributed by atoms with Gasteiger partial charge in [-0.2, -0.15) is 0 Å². The minimum atomic E-state index is -0.406. The number of likely N-dealkylation sites (tertiary alicyclic amines) is 1. The summed E-state index contributed by atoms with van der Waals surface area (Å²) in [6.07, 6.45) is 4.25. The molecule has 0 aromatic carbocycles. The molecule has 2 unspecified atom stereocenters. The van der Waals surface area contributed by atoms with Crippen LogP contribution in [0.2, 0.25) is 0 Å². The van der Waals surface area contributed by atoms with Crippen LogP contribution in [0.1, 0.15) is 20.3 Å². The average molecular weight is 315 g/mol. The van der Waals surface area contributed by atoms with Crippen molar-refractivity contribution in [2.45, 2.75) is 26.3 Å². The zero-order valence-corrected chi connectivity index (χ0v) is 13.6.